The molecule has 2 aromatic rings. The van der Waals surface area contributed by atoms with Crippen LogP contribution in [0.5, 0.6) is 5.75 Å². The molecule has 0 aromatic heterocycles. The predicted molar refractivity (Wildman–Crippen MR) is 79.8 cm³/mol. The molecule has 0 aliphatic rings. The van der Waals surface area contributed by atoms with E-state index in [1.807, 2.05) is 12.1 Å². The molecule has 0 aliphatic heterocycles. The molecule has 2 rings (SSSR count). The number of benzene rings is 2. The van der Waals surface area contributed by atoms with Gasteiger partial charge >= 0.3 is 0 Å². The van der Waals surface area contributed by atoms with E-state index in [9.17, 15) is 4.39 Å². The highest BCUT2D eigenvalue weighted by Gasteiger charge is 2.06. The highest BCUT2D eigenvalue weighted by molar-refractivity contribution is 6.30. The van der Waals surface area contributed by atoms with E-state index in [0.29, 0.717) is 11.3 Å². The Morgan fingerprint density at radius 1 is 1.15 bits per heavy atom. The van der Waals surface area contributed by atoms with E-state index in [2.05, 4.69) is 11.8 Å². The van der Waals surface area contributed by atoms with Gasteiger partial charge in [0.1, 0.15) is 18.2 Å². The van der Waals surface area contributed by atoms with Crippen LogP contribution in [-0.2, 0) is 6.61 Å². The number of alkyl halides is 1. The lowest BCUT2D eigenvalue weighted by atomic mass is 10.2. The molecule has 0 aliphatic carbocycles. The van der Waals surface area contributed by atoms with Crippen LogP contribution in [-0.4, -0.2) is 5.88 Å². The summed E-state index contributed by atoms with van der Waals surface area (Å²) in [5, 5.41) is 0.0906. The fourth-order valence-corrected chi connectivity index (χ4v) is 1.88. The third kappa shape index (κ3) is 3.90. The van der Waals surface area contributed by atoms with E-state index in [1.165, 1.54) is 6.07 Å². The van der Waals surface area contributed by atoms with Crippen LogP contribution < -0.4 is 4.74 Å². The lowest BCUT2D eigenvalue weighted by molar-refractivity contribution is 0.300. The number of hydrogen-bond donors (Lipinski definition) is 0. The zero-order valence-electron chi connectivity index (χ0n) is 10.5. The lowest BCUT2D eigenvalue weighted by Gasteiger charge is -2.08. The number of rotatable bonds is 3. The molecule has 0 saturated carbocycles. The molecule has 2 aromatic carbocycles. The van der Waals surface area contributed by atoms with Gasteiger partial charge < -0.3 is 4.74 Å². The molecule has 0 fully saturated rings. The molecule has 0 N–H and O–H groups in total. The van der Waals surface area contributed by atoms with Gasteiger partial charge in [-0.1, -0.05) is 41.6 Å². The standard InChI is InChI=1S/C16H11Cl2FO/c17-9-3-5-12-4-1-7-14(10-12)20-11-13-6-2-8-15(18)16(13)19/h1-2,4,6-8,10H,9,11H2. The minimum absolute atomic E-state index is 0.0906. The summed E-state index contributed by atoms with van der Waals surface area (Å²) < 4.78 is 19.3. The Labute approximate surface area is 127 Å². The Morgan fingerprint density at radius 2 is 1.95 bits per heavy atom. The monoisotopic (exact) mass is 308 g/mol. The van der Waals surface area contributed by atoms with Crippen molar-refractivity contribution in [3.63, 3.8) is 0 Å². The quantitative estimate of drug-likeness (QED) is 0.592. The number of halogens is 3. The third-order valence-corrected chi connectivity index (χ3v) is 2.99. The van der Waals surface area contributed by atoms with E-state index >= 15 is 0 Å². The smallest absolute Gasteiger partial charge is 0.148 e. The molecule has 0 spiro atoms. The molecule has 0 heterocycles. The van der Waals surface area contributed by atoms with Gasteiger partial charge in [-0.25, -0.2) is 4.39 Å². The molecule has 1 nitrogen and oxygen atoms in total. The first kappa shape index (κ1) is 14.7. The largest absolute Gasteiger partial charge is 0.489 e. The van der Waals surface area contributed by atoms with Gasteiger partial charge in [0.15, 0.2) is 0 Å². The summed E-state index contributed by atoms with van der Waals surface area (Å²) in [4.78, 5) is 0. The van der Waals surface area contributed by atoms with E-state index in [0.717, 1.165) is 5.56 Å². The highest BCUT2D eigenvalue weighted by atomic mass is 35.5. The molecule has 0 radical (unpaired) electrons. The first-order valence-electron chi connectivity index (χ1n) is 5.91. The summed E-state index contributed by atoms with van der Waals surface area (Å²) in [7, 11) is 0. The summed E-state index contributed by atoms with van der Waals surface area (Å²) >= 11 is 11.2. The van der Waals surface area contributed by atoms with Crippen molar-refractivity contribution in [1.29, 1.82) is 0 Å². The Balaban J connectivity index is 2.09. The number of ether oxygens (including phenoxy) is 1. The normalized spacial score (nSPS) is 9.75. The molecule has 20 heavy (non-hydrogen) atoms. The molecular formula is C16H11Cl2FO. The Kier molecular flexibility index (Phi) is 5.29. The van der Waals surface area contributed by atoms with Crippen molar-refractivity contribution < 1.29 is 9.13 Å². The van der Waals surface area contributed by atoms with Crippen LogP contribution in [0.3, 0.4) is 0 Å². The van der Waals surface area contributed by atoms with Crippen LogP contribution in [0.2, 0.25) is 5.02 Å². The van der Waals surface area contributed by atoms with Gasteiger partial charge in [-0.05, 0) is 24.3 Å². The highest BCUT2D eigenvalue weighted by Crippen LogP contribution is 2.20. The number of hydrogen-bond acceptors (Lipinski definition) is 1. The Bertz CT molecular complexity index is 659. The van der Waals surface area contributed by atoms with Gasteiger partial charge in [0.2, 0.25) is 0 Å². The van der Waals surface area contributed by atoms with Gasteiger partial charge in [-0.2, -0.15) is 0 Å². The van der Waals surface area contributed by atoms with Crippen LogP contribution >= 0.6 is 23.2 Å². The predicted octanol–water partition coefficient (Wildman–Crippen LogP) is 4.65. The van der Waals surface area contributed by atoms with Crippen LogP contribution in [0, 0.1) is 17.7 Å². The second kappa shape index (κ2) is 7.19. The van der Waals surface area contributed by atoms with Gasteiger partial charge in [-0.15, -0.1) is 11.6 Å². The van der Waals surface area contributed by atoms with Crippen molar-refractivity contribution in [1.82, 2.24) is 0 Å². The Morgan fingerprint density at radius 3 is 2.75 bits per heavy atom. The summed E-state index contributed by atoms with van der Waals surface area (Å²) in [5.41, 5.74) is 1.21. The average Bonchev–Trinajstić information content (AvgIpc) is 2.47. The average molecular weight is 309 g/mol. The second-order valence-electron chi connectivity index (χ2n) is 3.96. The molecule has 4 heteroatoms. The van der Waals surface area contributed by atoms with E-state index in [-0.39, 0.29) is 17.5 Å². The van der Waals surface area contributed by atoms with E-state index < -0.39 is 5.82 Å². The van der Waals surface area contributed by atoms with Crippen molar-refractivity contribution in [2.24, 2.45) is 0 Å². The Hall–Kier alpha value is -1.69. The second-order valence-corrected chi connectivity index (χ2v) is 4.64. The van der Waals surface area contributed by atoms with Crippen molar-refractivity contribution in [2.75, 3.05) is 5.88 Å². The van der Waals surface area contributed by atoms with Gasteiger partial charge in [0.05, 0.1) is 10.9 Å². The van der Waals surface area contributed by atoms with Crippen LogP contribution in [0.4, 0.5) is 4.39 Å². The fourth-order valence-electron chi connectivity index (χ4n) is 1.62. The first-order valence-corrected chi connectivity index (χ1v) is 6.82. The zero-order chi connectivity index (χ0) is 14.4. The minimum Gasteiger partial charge on any atom is -0.489 e. The van der Waals surface area contributed by atoms with Crippen molar-refractivity contribution in [2.45, 2.75) is 6.61 Å². The summed E-state index contributed by atoms with van der Waals surface area (Å²) in [6.45, 7) is 0.110. The molecule has 102 valence electrons. The molecule has 0 atom stereocenters. The van der Waals surface area contributed by atoms with Crippen molar-refractivity contribution >= 4 is 23.2 Å². The summed E-state index contributed by atoms with van der Waals surface area (Å²) in [5.74, 6) is 6.10. The maximum Gasteiger partial charge on any atom is 0.148 e. The maximum absolute atomic E-state index is 13.7. The van der Waals surface area contributed by atoms with Crippen LogP contribution in [0.15, 0.2) is 42.5 Å². The summed E-state index contributed by atoms with van der Waals surface area (Å²) in [6.07, 6.45) is 0. The maximum atomic E-state index is 13.7. The molecule has 0 bridgehead atoms. The van der Waals surface area contributed by atoms with E-state index in [1.54, 1.807) is 24.3 Å². The van der Waals surface area contributed by atoms with Crippen LogP contribution in [0.25, 0.3) is 0 Å². The SMILES string of the molecule is Fc1c(Cl)cccc1COc1cccc(C#CCCl)c1. The first-order chi connectivity index (χ1) is 9.70. The zero-order valence-corrected chi connectivity index (χ0v) is 12.0. The summed E-state index contributed by atoms with van der Waals surface area (Å²) in [6, 6.07) is 12.1. The van der Waals surface area contributed by atoms with Gasteiger partial charge in [0, 0.05) is 11.1 Å². The molecular weight excluding hydrogens is 298 g/mol. The fraction of sp³-hybridized carbons (Fsp3) is 0.125. The van der Waals surface area contributed by atoms with Crippen molar-refractivity contribution in [3.05, 3.63) is 64.4 Å². The molecule has 0 saturated heterocycles. The lowest BCUT2D eigenvalue weighted by Crippen LogP contribution is -1.99. The minimum atomic E-state index is -0.452. The topological polar surface area (TPSA) is 9.23 Å². The van der Waals surface area contributed by atoms with E-state index in [4.69, 9.17) is 27.9 Å². The molecule has 0 unspecified atom stereocenters. The van der Waals surface area contributed by atoms with Crippen molar-refractivity contribution in [3.8, 4) is 17.6 Å². The molecule has 0 amide bonds. The van der Waals surface area contributed by atoms with Crippen LogP contribution in [0.1, 0.15) is 11.1 Å². The third-order valence-electron chi connectivity index (χ3n) is 2.56. The van der Waals surface area contributed by atoms with Gasteiger partial charge in [-0.3, -0.25) is 0 Å². The van der Waals surface area contributed by atoms with Gasteiger partial charge in [0.25, 0.3) is 0 Å².